The van der Waals surface area contributed by atoms with E-state index in [4.69, 9.17) is 37.9 Å². The van der Waals surface area contributed by atoms with Gasteiger partial charge in [0.05, 0.1) is 0 Å². The molecule has 24 heteroatoms. The highest BCUT2D eigenvalue weighted by Gasteiger charge is 2.36. The first-order valence-electron chi connectivity index (χ1n) is 29.6. The summed E-state index contributed by atoms with van der Waals surface area (Å²) in [5.74, 6) is -16.0. The summed E-state index contributed by atoms with van der Waals surface area (Å²) in [5.41, 5.74) is 2.08. The van der Waals surface area contributed by atoms with Gasteiger partial charge in [0, 0.05) is 92.4 Å². The predicted molar refractivity (Wildman–Crippen MR) is 315 cm³/mol. The van der Waals surface area contributed by atoms with Crippen molar-refractivity contribution in [2.75, 3.05) is 52.9 Å². The second-order valence-electron chi connectivity index (χ2n) is 21.4. The number of aliphatic carboxylic acids is 8. The maximum absolute atomic E-state index is 12.5. The number of benzene rings is 4. The molecule has 4 aromatic carbocycles. The fourth-order valence-electron chi connectivity index (χ4n) is 11.0. The predicted octanol–water partition coefficient (Wildman–Crippen LogP) is 10.6. The van der Waals surface area contributed by atoms with Gasteiger partial charge in [-0.25, -0.2) is 38.4 Å². The summed E-state index contributed by atoms with van der Waals surface area (Å²) in [6.45, 7) is 0.427. The van der Waals surface area contributed by atoms with E-state index in [1.54, 1.807) is 24.3 Å². The second kappa shape index (κ2) is 35.0. The van der Waals surface area contributed by atoms with Crippen LogP contribution in [0.5, 0.6) is 46.0 Å². The molecule has 8 bridgehead atoms. The van der Waals surface area contributed by atoms with Crippen LogP contribution in [0.15, 0.2) is 48.5 Å². The summed E-state index contributed by atoms with van der Waals surface area (Å²) >= 11 is 0. The van der Waals surface area contributed by atoms with E-state index >= 15 is 0 Å². The van der Waals surface area contributed by atoms with Crippen molar-refractivity contribution in [1.82, 2.24) is 0 Å². The summed E-state index contributed by atoms with van der Waals surface area (Å²) < 4.78 is 49.3. The fraction of sp³-hybridized carbons (Fsp3) is 0.500. The lowest BCUT2D eigenvalue weighted by Crippen LogP contribution is -2.20. The van der Waals surface area contributed by atoms with E-state index < -0.39 is 124 Å². The van der Waals surface area contributed by atoms with Crippen LogP contribution in [-0.2, 0) is 38.4 Å². The van der Waals surface area contributed by atoms with Gasteiger partial charge in [0.15, 0.2) is 52.9 Å². The van der Waals surface area contributed by atoms with Crippen molar-refractivity contribution in [2.24, 2.45) is 0 Å². The minimum Gasteiger partial charge on any atom is -0.481 e. The SMILES string of the molecule is CCCCCC1c2cc(c(OCC(=O)O)cc2OCC(=O)O)C(CCCCC)c2cc(c(OCC(=O)O)cc2OCC(=O)O)C(CCCCC)c2cc(c(OCC(=O)O)cc2OCC(=O)O)C(CCCCC)c2cc1c(OCC(=O)O)cc2OCC(=O)O. The Balaban J connectivity index is 2.28. The number of carboxylic acid groups (broad SMARTS) is 8. The van der Waals surface area contributed by atoms with Gasteiger partial charge in [0.25, 0.3) is 0 Å². The molecule has 88 heavy (non-hydrogen) atoms. The van der Waals surface area contributed by atoms with E-state index in [1.165, 1.54) is 24.3 Å². The van der Waals surface area contributed by atoms with E-state index in [2.05, 4.69) is 0 Å². The number of unbranched alkanes of at least 4 members (excludes halogenated alkanes) is 8. The Hall–Kier alpha value is -8.96. The molecule has 24 nitrogen and oxygen atoms in total. The normalized spacial score (nSPS) is 15.0. The number of rotatable bonds is 40. The molecular formula is C64H80O24. The minimum atomic E-state index is -1.40. The van der Waals surface area contributed by atoms with Gasteiger partial charge >= 0.3 is 47.8 Å². The van der Waals surface area contributed by atoms with Crippen LogP contribution in [0, 0.1) is 0 Å². The van der Waals surface area contributed by atoms with Crippen LogP contribution in [0.1, 0.15) is 199 Å². The van der Waals surface area contributed by atoms with E-state index in [0.29, 0.717) is 77.0 Å². The maximum atomic E-state index is 12.5. The summed E-state index contributed by atoms with van der Waals surface area (Å²) in [6.07, 6.45) is 7.88. The van der Waals surface area contributed by atoms with Crippen molar-refractivity contribution in [3.05, 3.63) is 93.0 Å². The van der Waals surface area contributed by atoms with Crippen molar-refractivity contribution < 1.29 is 117 Å². The van der Waals surface area contributed by atoms with Gasteiger partial charge in [-0.3, -0.25) is 0 Å². The molecule has 0 aromatic heterocycles. The highest BCUT2D eigenvalue weighted by molar-refractivity contribution is 5.74. The lowest BCUT2D eigenvalue weighted by atomic mass is 9.76. The Labute approximate surface area is 509 Å². The third-order valence-electron chi connectivity index (χ3n) is 14.8. The van der Waals surface area contributed by atoms with Gasteiger partial charge < -0.3 is 78.7 Å². The largest absolute Gasteiger partial charge is 0.481 e. The zero-order valence-corrected chi connectivity index (χ0v) is 50.0. The van der Waals surface area contributed by atoms with Crippen LogP contribution in [0.2, 0.25) is 0 Å². The smallest absolute Gasteiger partial charge is 0.341 e. The van der Waals surface area contributed by atoms with Crippen LogP contribution in [-0.4, -0.2) is 141 Å². The first kappa shape index (κ1) is 69.8. The van der Waals surface area contributed by atoms with Crippen molar-refractivity contribution in [2.45, 2.75) is 154 Å². The van der Waals surface area contributed by atoms with Crippen molar-refractivity contribution in [1.29, 1.82) is 0 Å². The van der Waals surface area contributed by atoms with Crippen molar-refractivity contribution >= 4 is 47.8 Å². The average Bonchev–Trinajstić information content (AvgIpc) is 0.840. The van der Waals surface area contributed by atoms with Gasteiger partial charge in [0.1, 0.15) is 46.0 Å². The molecule has 0 aliphatic heterocycles. The van der Waals surface area contributed by atoms with Crippen LogP contribution in [0.4, 0.5) is 0 Å². The number of fused-ring (bicyclic) bond motifs is 8. The minimum absolute atomic E-state index is 0.111. The Morgan fingerprint density at radius 1 is 0.250 bits per heavy atom. The standard InChI is InChI=1S/C64H80O24/c1-5-9-13-17-37-41-21-43(51(83-31-59(69)70)25-49(41)81-29-57(65)66)38(18-14-10-6-2)45-23-47(55(87-35-63(77)78)27-53(45)85-33-61(73)74)40(20-16-12-8-4)48-24-46(54(86-34-62(75)76)28-56(48)88-36-64(79)80)39(19-15-11-7-3)44-22-42(37)50(82-30-58(67)68)26-52(44)84-32-60(71)72/h21-28,37-40H,5-20,29-36H2,1-4H3,(H,65,66)(H,67,68)(H,69,70)(H,71,72)(H,73,74)(H,75,76)(H,77,78)(H,79,80). The van der Waals surface area contributed by atoms with Gasteiger partial charge in [-0.15, -0.1) is 0 Å². The van der Waals surface area contributed by atoms with Crippen molar-refractivity contribution in [3.63, 3.8) is 0 Å². The molecule has 1 aliphatic carbocycles. The first-order chi connectivity index (χ1) is 42.1. The second-order valence-corrected chi connectivity index (χ2v) is 21.4. The molecule has 0 radical (unpaired) electrons. The van der Waals surface area contributed by atoms with E-state index in [1.807, 2.05) is 27.7 Å². The van der Waals surface area contributed by atoms with Gasteiger partial charge in [0.2, 0.25) is 0 Å². The highest BCUT2D eigenvalue weighted by atomic mass is 16.5. The molecule has 480 valence electrons. The third kappa shape index (κ3) is 20.6. The Morgan fingerprint density at radius 2 is 0.386 bits per heavy atom. The number of ether oxygens (including phenoxy) is 8. The molecule has 0 amide bonds. The number of carboxylic acids is 8. The zero-order chi connectivity index (χ0) is 64.5. The van der Waals surface area contributed by atoms with Crippen molar-refractivity contribution in [3.8, 4) is 46.0 Å². The quantitative estimate of drug-likeness (QED) is 0.0192. The van der Waals surface area contributed by atoms with Gasteiger partial charge in [-0.1, -0.05) is 105 Å². The van der Waals surface area contributed by atoms with Gasteiger partial charge in [-0.05, 0) is 49.9 Å². The molecule has 5 rings (SSSR count). The Kier molecular flexibility index (Phi) is 27.8. The van der Waals surface area contributed by atoms with Crippen LogP contribution < -0.4 is 37.9 Å². The lowest BCUT2D eigenvalue weighted by molar-refractivity contribution is -0.140. The molecule has 0 spiro atoms. The molecule has 0 atom stereocenters. The fourth-order valence-corrected chi connectivity index (χ4v) is 11.0. The monoisotopic (exact) mass is 1230 g/mol. The molecule has 0 saturated heterocycles. The Morgan fingerprint density at radius 3 is 0.500 bits per heavy atom. The topological polar surface area (TPSA) is 372 Å². The summed E-state index contributed by atoms with van der Waals surface area (Å²) in [6, 6.07) is 12.1. The lowest BCUT2D eigenvalue weighted by Gasteiger charge is -2.32. The zero-order valence-electron chi connectivity index (χ0n) is 50.0. The maximum Gasteiger partial charge on any atom is 0.341 e. The Bertz CT molecular complexity index is 2500. The molecule has 8 N–H and O–H groups in total. The summed E-state index contributed by atoms with van der Waals surface area (Å²) in [4.78, 5) is 100. The summed E-state index contributed by atoms with van der Waals surface area (Å²) in [5, 5.41) is 81.5. The van der Waals surface area contributed by atoms with Crippen LogP contribution >= 0.6 is 0 Å². The van der Waals surface area contributed by atoms with Crippen LogP contribution in [0.25, 0.3) is 0 Å². The average molecular weight is 1230 g/mol. The number of hydrogen-bond donors (Lipinski definition) is 8. The molecular weight excluding hydrogens is 1150 g/mol. The van der Waals surface area contributed by atoms with E-state index in [0.717, 1.165) is 0 Å². The number of carbonyl (C=O) groups is 8. The van der Waals surface area contributed by atoms with Crippen LogP contribution in [0.3, 0.4) is 0 Å². The number of hydrogen-bond acceptors (Lipinski definition) is 16. The molecule has 4 aromatic rings. The third-order valence-corrected chi connectivity index (χ3v) is 14.8. The molecule has 1 aliphatic rings. The first-order valence-corrected chi connectivity index (χ1v) is 29.6. The van der Waals surface area contributed by atoms with Gasteiger partial charge in [-0.2, -0.15) is 0 Å². The molecule has 0 heterocycles. The summed E-state index contributed by atoms with van der Waals surface area (Å²) in [7, 11) is 0. The molecule has 0 saturated carbocycles. The molecule has 0 unspecified atom stereocenters. The van der Waals surface area contributed by atoms with E-state index in [-0.39, 0.29) is 116 Å². The highest BCUT2D eigenvalue weighted by Crippen LogP contribution is 2.54. The molecule has 0 fully saturated rings. The van der Waals surface area contributed by atoms with E-state index in [9.17, 15) is 79.2 Å².